The zero-order valence-corrected chi connectivity index (χ0v) is 24.5. The van der Waals surface area contributed by atoms with Crippen LogP contribution in [0, 0.1) is 18.3 Å². The summed E-state index contributed by atoms with van der Waals surface area (Å²) in [6.45, 7) is 4.76. The summed E-state index contributed by atoms with van der Waals surface area (Å²) in [7, 11) is 1.53. The van der Waals surface area contributed by atoms with Crippen molar-refractivity contribution in [1.82, 2.24) is 5.01 Å². The van der Waals surface area contributed by atoms with E-state index >= 15 is 0 Å². The minimum absolute atomic E-state index is 0.00301. The van der Waals surface area contributed by atoms with Gasteiger partial charge < -0.3 is 14.2 Å². The molecule has 0 atom stereocenters. The van der Waals surface area contributed by atoms with E-state index in [2.05, 4.69) is 23.1 Å². The quantitative estimate of drug-likeness (QED) is 0.257. The number of ether oxygens (including phenoxy) is 3. The van der Waals surface area contributed by atoms with Crippen LogP contribution in [0.15, 0.2) is 46.0 Å². The average molecular weight is 581 g/mol. The van der Waals surface area contributed by atoms with Gasteiger partial charge in [-0.3, -0.25) is 10.2 Å². The third-order valence-electron chi connectivity index (χ3n) is 7.10. The summed E-state index contributed by atoms with van der Waals surface area (Å²) in [6.07, 6.45) is 8.31. The van der Waals surface area contributed by atoms with Gasteiger partial charge in [0, 0.05) is 5.92 Å². The largest absolute Gasteiger partial charge is 0.493 e. The summed E-state index contributed by atoms with van der Waals surface area (Å²) in [5, 5.41) is 16.6. The Morgan fingerprint density at radius 3 is 2.65 bits per heavy atom. The summed E-state index contributed by atoms with van der Waals surface area (Å²) in [6, 6.07) is 9.57. The van der Waals surface area contributed by atoms with Gasteiger partial charge in [-0.1, -0.05) is 43.9 Å². The van der Waals surface area contributed by atoms with E-state index in [0.717, 1.165) is 35.6 Å². The first-order valence-electron chi connectivity index (χ1n) is 13.6. The fraction of sp³-hybridized carbons (Fsp3) is 0.400. The van der Waals surface area contributed by atoms with Crippen LogP contribution in [-0.2, 0) is 11.2 Å². The molecule has 0 spiro atoms. The van der Waals surface area contributed by atoms with E-state index in [0.29, 0.717) is 39.8 Å². The van der Waals surface area contributed by atoms with Crippen LogP contribution in [0.4, 0.5) is 0 Å². The van der Waals surface area contributed by atoms with Crippen molar-refractivity contribution in [3.8, 4) is 17.2 Å². The van der Waals surface area contributed by atoms with Crippen LogP contribution in [-0.4, -0.2) is 47.3 Å². The summed E-state index contributed by atoms with van der Waals surface area (Å²) in [4.78, 5) is 17.1. The van der Waals surface area contributed by atoms with Crippen molar-refractivity contribution >= 4 is 51.4 Å². The van der Waals surface area contributed by atoms with E-state index in [1.807, 2.05) is 19.1 Å². The number of hydrogen-bond donors (Lipinski definition) is 1. The summed E-state index contributed by atoms with van der Waals surface area (Å²) < 4.78 is 17.3. The Bertz CT molecular complexity index is 1410. The molecule has 0 saturated heterocycles. The maximum atomic E-state index is 12.9. The van der Waals surface area contributed by atoms with Gasteiger partial charge in [-0.2, -0.15) is 15.1 Å². The number of methoxy groups -OCH3 is 1. The highest BCUT2D eigenvalue weighted by Crippen LogP contribution is 2.39. The second-order valence-corrected chi connectivity index (χ2v) is 11.4. The minimum atomic E-state index is -0.473. The SMILES string of the molecule is CCc1cc(C)cc(OCCOc2c(Cl)cc(/C=C3/C(=N)N4N=C(C5CCCCC5)SC4=NC3=O)cc2OC)c1. The minimum Gasteiger partial charge on any atom is -0.493 e. The molecule has 1 aliphatic carbocycles. The fourth-order valence-electron chi connectivity index (χ4n) is 5.07. The first-order valence-corrected chi connectivity index (χ1v) is 14.8. The number of thioether (sulfide) groups is 1. The van der Waals surface area contributed by atoms with Gasteiger partial charge in [0.05, 0.1) is 17.7 Å². The second kappa shape index (κ2) is 12.5. The molecule has 1 N–H and O–H groups in total. The topological polar surface area (TPSA) is 96.6 Å². The smallest absolute Gasteiger partial charge is 0.283 e. The highest BCUT2D eigenvalue weighted by atomic mass is 35.5. The Morgan fingerprint density at radius 2 is 1.90 bits per heavy atom. The summed E-state index contributed by atoms with van der Waals surface area (Å²) in [5.74, 6) is 1.50. The molecule has 0 radical (unpaired) electrons. The lowest BCUT2D eigenvalue weighted by Crippen LogP contribution is -2.35. The lowest BCUT2D eigenvalue weighted by Gasteiger charge is -2.20. The normalized spacial score (nSPS) is 18.5. The number of aryl methyl sites for hydroxylation is 2. The number of hydrazone groups is 1. The molecule has 2 aliphatic heterocycles. The number of benzene rings is 2. The number of carbonyl (C=O) groups excluding carboxylic acids is 1. The number of amidine groups is 2. The van der Waals surface area contributed by atoms with Gasteiger partial charge in [-0.05, 0) is 85.0 Å². The van der Waals surface area contributed by atoms with E-state index in [9.17, 15) is 4.79 Å². The number of halogens is 1. The van der Waals surface area contributed by atoms with Crippen molar-refractivity contribution in [3.63, 3.8) is 0 Å². The molecule has 8 nitrogen and oxygen atoms in total. The van der Waals surface area contributed by atoms with E-state index in [1.165, 1.54) is 48.7 Å². The van der Waals surface area contributed by atoms with Gasteiger partial charge in [0.15, 0.2) is 17.3 Å². The van der Waals surface area contributed by atoms with Crippen LogP contribution >= 0.6 is 23.4 Å². The van der Waals surface area contributed by atoms with Crippen LogP contribution in [0.5, 0.6) is 17.2 Å². The molecule has 2 heterocycles. The average Bonchev–Trinajstić information content (AvgIpc) is 3.38. The maximum absolute atomic E-state index is 12.9. The molecule has 0 aromatic heterocycles. The van der Waals surface area contributed by atoms with Crippen molar-refractivity contribution in [3.05, 3.63) is 57.6 Å². The van der Waals surface area contributed by atoms with E-state index in [-0.39, 0.29) is 18.0 Å². The third-order valence-corrected chi connectivity index (χ3v) is 8.46. The number of hydrogen-bond acceptors (Lipinski definition) is 7. The molecular weight excluding hydrogens is 548 g/mol. The lowest BCUT2D eigenvalue weighted by molar-refractivity contribution is -0.114. The zero-order chi connectivity index (χ0) is 28.2. The molecule has 1 saturated carbocycles. The first kappa shape index (κ1) is 28.2. The molecule has 0 unspecified atom stereocenters. The maximum Gasteiger partial charge on any atom is 0.283 e. The van der Waals surface area contributed by atoms with E-state index in [1.54, 1.807) is 18.2 Å². The Kier molecular flexibility index (Phi) is 8.81. The summed E-state index contributed by atoms with van der Waals surface area (Å²) >= 11 is 7.98. The number of carbonyl (C=O) groups is 1. The Morgan fingerprint density at radius 1 is 1.12 bits per heavy atom. The molecule has 2 aromatic rings. The molecule has 1 amide bonds. The predicted molar refractivity (Wildman–Crippen MR) is 161 cm³/mol. The van der Waals surface area contributed by atoms with Crippen LogP contribution < -0.4 is 14.2 Å². The molecule has 2 aromatic carbocycles. The predicted octanol–water partition coefficient (Wildman–Crippen LogP) is 6.88. The number of fused-ring (bicyclic) bond motifs is 1. The number of rotatable bonds is 9. The molecule has 1 fully saturated rings. The first-order chi connectivity index (χ1) is 19.4. The van der Waals surface area contributed by atoms with E-state index < -0.39 is 5.91 Å². The van der Waals surface area contributed by atoms with Crippen LogP contribution in [0.1, 0.15) is 55.7 Å². The van der Waals surface area contributed by atoms with Crippen LogP contribution in [0.25, 0.3) is 6.08 Å². The van der Waals surface area contributed by atoms with Gasteiger partial charge in [-0.25, -0.2) is 0 Å². The zero-order valence-electron chi connectivity index (χ0n) is 23.0. The van der Waals surface area contributed by atoms with Crippen molar-refractivity contribution in [2.45, 2.75) is 52.4 Å². The molecule has 0 bridgehead atoms. The lowest BCUT2D eigenvalue weighted by atomic mass is 9.90. The van der Waals surface area contributed by atoms with E-state index in [4.69, 9.17) is 31.2 Å². The molecule has 210 valence electrons. The standard InChI is InChI=1S/C30H33ClN4O4S/c1-4-19-12-18(2)13-22(14-19)38-10-11-39-26-24(31)16-20(17-25(26)37-3)15-23-27(32)35-30(33-28(23)36)40-29(34-35)21-8-6-5-7-9-21/h12-17,21,32H,4-11H2,1-3H3/b23-15-,32-27?. The molecule has 5 rings (SSSR count). The number of aliphatic imine (C=N–C) groups is 1. The summed E-state index contributed by atoms with van der Waals surface area (Å²) in [5.41, 5.74) is 3.10. The number of nitrogens with one attached hydrogen (secondary N) is 1. The fourth-order valence-corrected chi connectivity index (χ4v) is 6.40. The van der Waals surface area contributed by atoms with Gasteiger partial charge in [0.1, 0.15) is 24.0 Å². The number of nitrogens with zero attached hydrogens (tertiary/aromatic N) is 3. The van der Waals surface area contributed by atoms with Crippen LogP contribution in [0.2, 0.25) is 5.02 Å². The molecule has 40 heavy (non-hydrogen) atoms. The number of amides is 1. The van der Waals surface area contributed by atoms with Crippen LogP contribution in [0.3, 0.4) is 0 Å². The highest BCUT2D eigenvalue weighted by Gasteiger charge is 2.38. The Hall–Kier alpha value is -3.30. The Balaban J connectivity index is 1.28. The van der Waals surface area contributed by atoms with Gasteiger partial charge >= 0.3 is 0 Å². The molecule has 3 aliphatic rings. The van der Waals surface area contributed by atoms with Crippen molar-refractivity contribution in [1.29, 1.82) is 5.41 Å². The van der Waals surface area contributed by atoms with Crippen molar-refractivity contribution < 1.29 is 19.0 Å². The molecule has 10 heteroatoms. The third kappa shape index (κ3) is 6.20. The van der Waals surface area contributed by atoms with Gasteiger partial charge in [0.25, 0.3) is 5.91 Å². The highest BCUT2D eigenvalue weighted by molar-refractivity contribution is 8.27. The monoisotopic (exact) mass is 580 g/mol. The van der Waals surface area contributed by atoms with Gasteiger partial charge in [-0.15, -0.1) is 0 Å². The van der Waals surface area contributed by atoms with Gasteiger partial charge in [0.2, 0.25) is 5.17 Å². The Labute approximate surface area is 243 Å². The molecular formula is C30H33ClN4O4S. The van der Waals surface area contributed by atoms with Crippen molar-refractivity contribution in [2.24, 2.45) is 16.0 Å². The second-order valence-electron chi connectivity index (χ2n) is 10.0. The van der Waals surface area contributed by atoms with Crippen molar-refractivity contribution in [2.75, 3.05) is 20.3 Å².